The van der Waals surface area contributed by atoms with Crippen molar-refractivity contribution in [1.82, 2.24) is 9.97 Å². The molecule has 1 heterocycles. The Morgan fingerprint density at radius 1 is 0.941 bits per heavy atom. The minimum atomic E-state index is -0.0318. The van der Waals surface area contributed by atoms with Crippen LogP contribution in [0.15, 0.2) is 0 Å². The third-order valence-electron chi connectivity index (χ3n) is 2.47. The molecule has 0 aliphatic heterocycles. The van der Waals surface area contributed by atoms with E-state index in [2.05, 4.69) is 74.4 Å². The molecule has 1 rings (SSSR count). The first kappa shape index (κ1) is 14.7. The largest absolute Gasteiger partial charge is 0.372 e. The van der Waals surface area contributed by atoms with Crippen LogP contribution in [0.3, 0.4) is 0 Å². The normalized spacial score (nSPS) is 12.7. The Kier molecular flexibility index (Phi) is 4.06. The Labute approximate surface area is 118 Å². The zero-order valence-corrected chi connectivity index (χ0v) is 13.9. The number of nitrogens with one attached hydrogen (secondary N) is 1. The van der Waals surface area contributed by atoms with Gasteiger partial charge >= 0.3 is 0 Å². The van der Waals surface area contributed by atoms with Gasteiger partial charge in [-0.05, 0) is 22.6 Å². The van der Waals surface area contributed by atoms with E-state index < -0.39 is 0 Å². The second-order valence-electron chi connectivity index (χ2n) is 6.31. The molecule has 0 fully saturated rings. The van der Waals surface area contributed by atoms with Crippen molar-refractivity contribution < 1.29 is 0 Å². The first-order valence-corrected chi connectivity index (χ1v) is 6.91. The SMILES string of the molecule is CNc1nc(C(C)(C)C)nc(C(C)(C)C)c1I. The highest BCUT2D eigenvalue weighted by atomic mass is 127. The molecule has 3 nitrogen and oxygen atoms in total. The van der Waals surface area contributed by atoms with Crippen LogP contribution in [0.5, 0.6) is 0 Å². The van der Waals surface area contributed by atoms with E-state index in [9.17, 15) is 0 Å². The fourth-order valence-corrected chi connectivity index (χ4v) is 2.77. The minimum absolute atomic E-state index is 0.0318. The summed E-state index contributed by atoms with van der Waals surface area (Å²) in [6, 6.07) is 0. The van der Waals surface area contributed by atoms with Gasteiger partial charge in [-0.3, -0.25) is 0 Å². The molecule has 1 N–H and O–H groups in total. The molecule has 0 aliphatic rings. The fourth-order valence-electron chi connectivity index (χ4n) is 1.45. The molecule has 0 bridgehead atoms. The number of nitrogens with zero attached hydrogens (tertiary/aromatic N) is 2. The van der Waals surface area contributed by atoms with Gasteiger partial charge in [-0.15, -0.1) is 0 Å². The molecule has 0 amide bonds. The van der Waals surface area contributed by atoms with E-state index in [1.54, 1.807) is 0 Å². The van der Waals surface area contributed by atoms with Crippen LogP contribution >= 0.6 is 22.6 Å². The summed E-state index contributed by atoms with van der Waals surface area (Å²) in [7, 11) is 1.91. The summed E-state index contributed by atoms with van der Waals surface area (Å²) in [4.78, 5) is 9.37. The highest BCUT2D eigenvalue weighted by molar-refractivity contribution is 14.1. The molecule has 0 unspecified atom stereocenters. The van der Waals surface area contributed by atoms with Gasteiger partial charge in [-0.25, -0.2) is 9.97 Å². The first-order chi connectivity index (χ1) is 7.57. The second-order valence-corrected chi connectivity index (χ2v) is 7.39. The summed E-state index contributed by atoms with van der Waals surface area (Å²) in [5, 5.41) is 3.16. The zero-order valence-electron chi connectivity index (χ0n) is 11.8. The molecule has 1 aromatic heterocycles. The van der Waals surface area contributed by atoms with Crippen LogP contribution in [0, 0.1) is 3.57 Å². The summed E-state index contributed by atoms with van der Waals surface area (Å²) in [5.74, 6) is 1.82. The molecule has 17 heavy (non-hydrogen) atoms. The Morgan fingerprint density at radius 2 is 1.47 bits per heavy atom. The van der Waals surface area contributed by atoms with Crippen LogP contribution in [0.2, 0.25) is 0 Å². The number of hydrogen-bond acceptors (Lipinski definition) is 3. The van der Waals surface area contributed by atoms with E-state index in [4.69, 9.17) is 4.98 Å². The third kappa shape index (κ3) is 3.30. The van der Waals surface area contributed by atoms with Crippen LogP contribution in [-0.2, 0) is 10.8 Å². The van der Waals surface area contributed by atoms with Crippen LogP contribution in [0.25, 0.3) is 0 Å². The average Bonchev–Trinajstić information content (AvgIpc) is 2.14. The number of anilines is 1. The van der Waals surface area contributed by atoms with Crippen LogP contribution in [0.4, 0.5) is 5.82 Å². The highest BCUT2D eigenvalue weighted by Gasteiger charge is 2.26. The number of aromatic nitrogens is 2. The molecule has 0 saturated heterocycles. The summed E-state index contributed by atoms with van der Waals surface area (Å²) in [5.41, 5.74) is 1.11. The molecule has 4 heteroatoms. The minimum Gasteiger partial charge on any atom is -0.372 e. The van der Waals surface area contributed by atoms with Gasteiger partial charge in [0.05, 0.1) is 9.26 Å². The molecule has 0 atom stereocenters. The van der Waals surface area contributed by atoms with Crippen molar-refractivity contribution in [2.24, 2.45) is 0 Å². The van der Waals surface area contributed by atoms with Gasteiger partial charge in [-0.1, -0.05) is 41.5 Å². The van der Waals surface area contributed by atoms with Gasteiger partial charge in [0.2, 0.25) is 0 Å². The molecule has 0 saturated carbocycles. The summed E-state index contributed by atoms with van der Waals surface area (Å²) >= 11 is 2.32. The Bertz CT molecular complexity index is 414. The van der Waals surface area contributed by atoms with E-state index in [-0.39, 0.29) is 10.8 Å². The zero-order chi connectivity index (χ0) is 13.4. The topological polar surface area (TPSA) is 37.8 Å². The highest BCUT2D eigenvalue weighted by Crippen LogP contribution is 2.31. The summed E-state index contributed by atoms with van der Waals surface area (Å²) in [6.45, 7) is 13.0. The number of hydrogen-bond donors (Lipinski definition) is 1. The fraction of sp³-hybridized carbons (Fsp3) is 0.692. The molecular formula is C13H22IN3. The lowest BCUT2D eigenvalue weighted by Gasteiger charge is -2.25. The van der Waals surface area contributed by atoms with Crippen molar-refractivity contribution >= 4 is 28.4 Å². The van der Waals surface area contributed by atoms with E-state index in [0.717, 1.165) is 20.9 Å². The lowest BCUT2D eigenvalue weighted by atomic mass is 9.90. The smallest absolute Gasteiger partial charge is 0.143 e. The monoisotopic (exact) mass is 347 g/mol. The lowest BCUT2D eigenvalue weighted by Crippen LogP contribution is -2.24. The van der Waals surface area contributed by atoms with Crippen molar-refractivity contribution in [3.8, 4) is 0 Å². The maximum atomic E-state index is 4.76. The molecule has 1 aromatic rings. The van der Waals surface area contributed by atoms with Crippen molar-refractivity contribution in [3.05, 3.63) is 15.1 Å². The third-order valence-corrected chi connectivity index (χ3v) is 3.49. The Morgan fingerprint density at radius 3 is 1.82 bits per heavy atom. The summed E-state index contributed by atoms with van der Waals surface area (Å²) < 4.78 is 1.12. The first-order valence-electron chi connectivity index (χ1n) is 5.83. The van der Waals surface area contributed by atoms with Gasteiger partial charge in [0, 0.05) is 17.9 Å². The van der Waals surface area contributed by atoms with Gasteiger partial charge in [0.25, 0.3) is 0 Å². The lowest BCUT2D eigenvalue weighted by molar-refractivity contribution is 0.512. The van der Waals surface area contributed by atoms with E-state index in [1.807, 2.05) is 7.05 Å². The van der Waals surface area contributed by atoms with Crippen molar-refractivity contribution in [2.75, 3.05) is 12.4 Å². The Balaban J connectivity index is 3.50. The summed E-state index contributed by atoms with van der Waals surface area (Å²) in [6.07, 6.45) is 0. The molecule has 0 aliphatic carbocycles. The van der Waals surface area contributed by atoms with Gasteiger partial charge in [0.1, 0.15) is 11.6 Å². The molecular weight excluding hydrogens is 325 g/mol. The predicted octanol–water partition coefficient (Wildman–Crippen LogP) is 3.72. The molecule has 0 radical (unpaired) electrons. The van der Waals surface area contributed by atoms with Crippen LogP contribution in [-0.4, -0.2) is 17.0 Å². The van der Waals surface area contributed by atoms with E-state index in [1.165, 1.54) is 0 Å². The van der Waals surface area contributed by atoms with Crippen molar-refractivity contribution in [3.63, 3.8) is 0 Å². The van der Waals surface area contributed by atoms with Gasteiger partial charge in [-0.2, -0.15) is 0 Å². The molecule has 0 aromatic carbocycles. The maximum absolute atomic E-state index is 4.76. The van der Waals surface area contributed by atoms with Gasteiger partial charge in [0.15, 0.2) is 0 Å². The average molecular weight is 347 g/mol. The van der Waals surface area contributed by atoms with Gasteiger partial charge < -0.3 is 5.32 Å². The van der Waals surface area contributed by atoms with Crippen molar-refractivity contribution in [2.45, 2.75) is 52.4 Å². The standard InChI is InChI=1S/C13H22IN3/c1-12(2,3)9-8(14)10(15-7)17-11(16-9)13(4,5)6/h1-7H3,(H,15,16,17). The number of halogens is 1. The quantitative estimate of drug-likeness (QED) is 0.787. The van der Waals surface area contributed by atoms with Crippen LogP contribution in [0.1, 0.15) is 53.1 Å². The van der Waals surface area contributed by atoms with Crippen LogP contribution < -0.4 is 5.32 Å². The Hall–Kier alpha value is -0.390. The maximum Gasteiger partial charge on any atom is 0.143 e. The van der Waals surface area contributed by atoms with Crippen molar-refractivity contribution in [1.29, 1.82) is 0 Å². The number of rotatable bonds is 1. The molecule has 96 valence electrons. The van der Waals surface area contributed by atoms with E-state index >= 15 is 0 Å². The van der Waals surface area contributed by atoms with E-state index in [0.29, 0.717) is 0 Å². The molecule has 0 spiro atoms. The predicted molar refractivity (Wildman–Crippen MR) is 81.7 cm³/mol. The second kappa shape index (κ2) is 4.71.